The fourth-order valence-electron chi connectivity index (χ4n) is 1.42. The van der Waals surface area contributed by atoms with Crippen LogP contribution in [0.5, 0.6) is 0 Å². The third-order valence-corrected chi connectivity index (χ3v) is 2.67. The molecule has 0 bridgehead atoms. The van der Waals surface area contributed by atoms with Gasteiger partial charge in [0, 0.05) is 20.0 Å². The molecule has 0 atom stereocenters. The lowest BCUT2D eigenvalue weighted by atomic mass is 10.1. The molecule has 0 aliphatic heterocycles. The van der Waals surface area contributed by atoms with Crippen molar-refractivity contribution in [2.45, 2.75) is 12.8 Å². The maximum absolute atomic E-state index is 13.5. The predicted molar refractivity (Wildman–Crippen MR) is 67.4 cm³/mol. The van der Waals surface area contributed by atoms with E-state index in [-0.39, 0.29) is 23.6 Å². The molecule has 0 spiro atoms. The summed E-state index contributed by atoms with van der Waals surface area (Å²) in [5, 5.41) is 0.0386. The normalized spacial score (nSPS) is 10.6. The van der Waals surface area contributed by atoms with Crippen LogP contribution in [0.15, 0.2) is 18.2 Å². The van der Waals surface area contributed by atoms with Crippen LogP contribution in [-0.4, -0.2) is 32.7 Å². The van der Waals surface area contributed by atoms with E-state index < -0.39 is 5.82 Å². The van der Waals surface area contributed by atoms with E-state index in [1.165, 1.54) is 6.07 Å². The van der Waals surface area contributed by atoms with E-state index >= 15 is 0 Å². The Morgan fingerprint density at radius 1 is 1.33 bits per heavy atom. The first-order valence-corrected chi connectivity index (χ1v) is 6.04. The molecule has 0 aliphatic rings. The standard InChI is InChI=1S/C13H16ClFO3/c1-17-7-8-18-6-5-11(16)9-10-3-2-4-12(14)13(10)15/h2-4H,5-9H2,1H3. The van der Waals surface area contributed by atoms with Gasteiger partial charge in [-0.2, -0.15) is 0 Å². The number of halogens is 2. The van der Waals surface area contributed by atoms with Gasteiger partial charge in [-0.25, -0.2) is 4.39 Å². The monoisotopic (exact) mass is 274 g/mol. The second-order valence-corrected chi connectivity index (χ2v) is 4.19. The van der Waals surface area contributed by atoms with E-state index in [0.29, 0.717) is 25.4 Å². The van der Waals surface area contributed by atoms with Gasteiger partial charge in [0.05, 0.1) is 24.8 Å². The zero-order chi connectivity index (χ0) is 13.4. The van der Waals surface area contributed by atoms with Crippen LogP contribution in [0.2, 0.25) is 5.02 Å². The summed E-state index contributed by atoms with van der Waals surface area (Å²) in [5.74, 6) is -0.596. The molecule has 100 valence electrons. The smallest absolute Gasteiger partial charge is 0.145 e. The fraction of sp³-hybridized carbons (Fsp3) is 0.462. The lowest BCUT2D eigenvalue weighted by molar-refractivity contribution is -0.119. The number of ketones is 1. The van der Waals surface area contributed by atoms with E-state index in [0.717, 1.165) is 0 Å². The highest BCUT2D eigenvalue weighted by Gasteiger charge is 2.10. The SMILES string of the molecule is COCCOCCC(=O)Cc1cccc(Cl)c1F. The van der Waals surface area contributed by atoms with Gasteiger partial charge in [0.2, 0.25) is 0 Å². The molecule has 0 unspecified atom stereocenters. The van der Waals surface area contributed by atoms with Crippen molar-refractivity contribution in [1.82, 2.24) is 0 Å². The molecule has 18 heavy (non-hydrogen) atoms. The lowest BCUT2D eigenvalue weighted by Gasteiger charge is -2.05. The van der Waals surface area contributed by atoms with Gasteiger partial charge >= 0.3 is 0 Å². The van der Waals surface area contributed by atoms with Crippen molar-refractivity contribution in [2.75, 3.05) is 26.9 Å². The predicted octanol–water partition coefficient (Wildman–Crippen LogP) is 2.64. The number of carbonyl (C=O) groups is 1. The van der Waals surface area contributed by atoms with Gasteiger partial charge in [-0.05, 0) is 11.6 Å². The van der Waals surface area contributed by atoms with Gasteiger partial charge in [-0.3, -0.25) is 4.79 Å². The summed E-state index contributed by atoms with van der Waals surface area (Å²) in [4.78, 5) is 11.6. The van der Waals surface area contributed by atoms with Crippen LogP contribution in [0.25, 0.3) is 0 Å². The third-order valence-electron chi connectivity index (χ3n) is 2.38. The zero-order valence-corrected chi connectivity index (χ0v) is 11.0. The number of ether oxygens (including phenoxy) is 2. The van der Waals surface area contributed by atoms with Gasteiger partial charge in [0.15, 0.2) is 0 Å². The quantitative estimate of drug-likeness (QED) is 0.684. The molecule has 0 saturated carbocycles. The van der Waals surface area contributed by atoms with Crippen LogP contribution < -0.4 is 0 Å². The second-order valence-electron chi connectivity index (χ2n) is 3.78. The summed E-state index contributed by atoms with van der Waals surface area (Å²) in [6, 6.07) is 4.65. The van der Waals surface area contributed by atoms with Crippen LogP contribution in [0.1, 0.15) is 12.0 Å². The van der Waals surface area contributed by atoms with Crippen molar-refractivity contribution in [2.24, 2.45) is 0 Å². The number of methoxy groups -OCH3 is 1. The zero-order valence-electron chi connectivity index (χ0n) is 10.2. The van der Waals surface area contributed by atoms with Crippen LogP contribution >= 0.6 is 11.6 Å². The molecule has 5 heteroatoms. The molecule has 0 radical (unpaired) electrons. The summed E-state index contributed by atoms with van der Waals surface area (Å²) in [5.41, 5.74) is 0.324. The molecule has 3 nitrogen and oxygen atoms in total. The Morgan fingerprint density at radius 2 is 2.11 bits per heavy atom. The van der Waals surface area contributed by atoms with Crippen molar-refractivity contribution in [3.05, 3.63) is 34.6 Å². The molecule has 1 aromatic carbocycles. The van der Waals surface area contributed by atoms with E-state index in [1.54, 1.807) is 19.2 Å². The highest BCUT2D eigenvalue weighted by atomic mass is 35.5. The second kappa shape index (κ2) is 8.19. The molecule has 0 aromatic heterocycles. The molecule has 1 rings (SSSR count). The number of Topliss-reactive ketones (excluding diaryl/α,β-unsaturated/α-hetero) is 1. The maximum Gasteiger partial charge on any atom is 0.145 e. The van der Waals surface area contributed by atoms with Crippen molar-refractivity contribution in [3.63, 3.8) is 0 Å². The molecule has 0 fully saturated rings. The minimum atomic E-state index is -0.521. The summed E-state index contributed by atoms with van der Waals surface area (Å²) >= 11 is 5.63. The first-order valence-electron chi connectivity index (χ1n) is 5.66. The number of benzene rings is 1. The largest absolute Gasteiger partial charge is 0.382 e. The van der Waals surface area contributed by atoms with E-state index in [4.69, 9.17) is 21.1 Å². The number of carbonyl (C=O) groups excluding carboxylic acids is 1. The Balaban J connectivity index is 2.34. The summed E-state index contributed by atoms with van der Waals surface area (Å²) in [6.07, 6.45) is 0.301. The van der Waals surface area contributed by atoms with Crippen LogP contribution in [0.3, 0.4) is 0 Å². The van der Waals surface area contributed by atoms with Crippen LogP contribution in [-0.2, 0) is 20.7 Å². The number of hydrogen-bond donors (Lipinski definition) is 0. The molecule has 1 aromatic rings. The third kappa shape index (κ3) is 5.12. The van der Waals surface area contributed by atoms with Gasteiger partial charge in [-0.1, -0.05) is 23.7 Å². The Bertz CT molecular complexity index is 396. The average molecular weight is 275 g/mol. The van der Waals surface area contributed by atoms with Crippen LogP contribution in [0, 0.1) is 5.82 Å². The number of rotatable bonds is 8. The van der Waals surface area contributed by atoms with Crippen LogP contribution in [0.4, 0.5) is 4.39 Å². The highest BCUT2D eigenvalue weighted by Crippen LogP contribution is 2.18. The average Bonchev–Trinajstić information content (AvgIpc) is 2.35. The Kier molecular flexibility index (Phi) is 6.86. The van der Waals surface area contributed by atoms with E-state index in [2.05, 4.69) is 0 Å². The topological polar surface area (TPSA) is 35.5 Å². The summed E-state index contributed by atoms with van der Waals surface area (Å²) in [6.45, 7) is 1.27. The van der Waals surface area contributed by atoms with Gasteiger partial charge in [0.25, 0.3) is 0 Å². The van der Waals surface area contributed by atoms with Crippen molar-refractivity contribution >= 4 is 17.4 Å². The summed E-state index contributed by atoms with van der Waals surface area (Å²) < 4.78 is 23.5. The Morgan fingerprint density at radius 3 is 2.83 bits per heavy atom. The van der Waals surface area contributed by atoms with E-state index in [9.17, 15) is 9.18 Å². The van der Waals surface area contributed by atoms with Crippen molar-refractivity contribution in [1.29, 1.82) is 0 Å². The number of hydrogen-bond acceptors (Lipinski definition) is 3. The van der Waals surface area contributed by atoms with Crippen molar-refractivity contribution in [3.8, 4) is 0 Å². The molecular weight excluding hydrogens is 259 g/mol. The Hall–Kier alpha value is -0.970. The first kappa shape index (κ1) is 15.1. The van der Waals surface area contributed by atoms with Gasteiger partial charge in [-0.15, -0.1) is 0 Å². The first-order chi connectivity index (χ1) is 8.65. The maximum atomic E-state index is 13.5. The molecule has 0 heterocycles. The highest BCUT2D eigenvalue weighted by molar-refractivity contribution is 6.30. The molecule has 0 N–H and O–H groups in total. The lowest BCUT2D eigenvalue weighted by Crippen LogP contribution is -2.10. The van der Waals surface area contributed by atoms with E-state index in [1.807, 2.05) is 0 Å². The van der Waals surface area contributed by atoms with Gasteiger partial charge < -0.3 is 9.47 Å². The van der Waals surface area contributed by atoms with Crippen molar-refractivity contribution < 1.29 is 18.7 Å². The molecule has 0 aliphatic carbocycles. The summed E-state index contributed by atoms with van der Waals surface area (Å²) in [7, 11) is 1.58. The minimum Gasteiger partial charge on any atom is -0.382 e. The Labute approximate surface area is 111 Å². The molecule has 0 saturated heterocycles. The van der Waals surface area contributed by atoms with Gasteiger partial charge in [0.1, 0.15) is 11.6 Å². The fourth-order valence-corrected chi connectivity index (χ4v) is 1.61. The molecular formula is C13H16ClFO3. The molecule has 0 amide bonds. The minimum absolute atomic E-state index is 0.0386.